The molecule has 0 unspecified atom stereocenters. The Balaban J connectivity index is 1.98. The highest BCUT2D eigenvalue weighted by atomic mass is 35.5. The lowest BCUT2D eigenvalue weighted by Crippen LogP contribution is -2.47. The van der Waals surface area contributed by atoms with Crippen molar-refractivity contribution in [2.45, 2.75) is 40.7 Å². The summed E-state index contributed by atoms with van der Waals surface area (Å²) in [4.78, 5) is 19.4. The second-order valence-electron chi connectivity index (χ2n) is 8.69. The molecule has 0 radical (unpaired) electrons. The van der Waals surface area contributed by atoms with Crippen LogP contribution in [0.2, 0.25) is 0 Å². The molecule has 1 aliphatic rings. The van der Waals surface area contributed by atoms with Gasteiger partial charge in [-0.2, -0.15) is 5.10 Å². The van der Waals surface area contributed by atoms with E-state index in [1.54, 1.807) is 0 Å². The predicted octanol–water partition coefficient (Wildman–Crippen LogP) is 3.94. The van der Waals surface area contributed by atoms with Crippen LogP contribution in [0.1, 0.15) is 38.4 Å². The van der Waals surface area contributed by atoms with E-state index in [1.807, 2.05) is 30.0 Å². The zero-order valence-electron chi connectivity index (χ0n) is 19.4. The molecule has 2 aromatic rings. The molecule has 170 valence electrons. The summed E-state index contributed by atoms with van der Waals surface area (Å²) in [6, 6.07) is 10.3. The van der Waals surface area contributed by atoms with Crippen LogP contribution in [0.4, 0.5) is 5.82 Å². The van der Waals surface area contributed by atoms with Crippen molar-refractivity contribution in [3.63, 3.8) is 0 Å². The molecule has 2 heterocycles. The minimum Gasteiger partial charge on any atom is -0.354 e. The van der Waals surface area contributed by atoms with Gasteiger partial charge in [0.05, 0.1) is 17.9 Å². The Hall–Kier alpha value is -2.05. The number of aryl methyl sites for hydroxylation is 1. The van der Waals surface area contributed by atoms with E-state index in [2.05, 4.69) is 47.4 Å². The van der Waals surface area contributed by atoms with Gasteiger partial charge >= 0.3 is 0 Å². The SMILES string of the molecule is CCN1CCN(c2c(CN(CCC(C)C)C(=O)CCl)c(C)nn2-c2ccccc2)CC1. The molecule has 31 heavy (non-hydrogen) atoms. The minimum absolute atomic E-state index is 0.00841. The van der Waals surface area contributed by atoms with Gasteiger partial charge in [-0.15, -0.1) is 11.6 Å². The molecule has 1 aromatic carbocycles. The van der Waals surface area contributed by atoms with E-state index in [0.29, 0.717) is 19.0 Å². The maximum atomic E-state index is 12.6. The van der Waals surface area contributed by atoms with Gasteiger partial charge in [0, 0.05) is 38.3 Å². The summed E-state index contributed by atoms with van der Waals surface area (Å²) in [5.41, 5.74) is 3.13. The molecule has 3 rings (SSSR count). The quantitative estimate of drug-likeness (QED) is 0.548. The molecular weight excluding hydrogens is 410 g/mol. The van der Waals surface area contributed by atoms with Gasteiger partial charge in [-0.1, -0.05) is 39.0 Å². The maximum Gasteiger partial charge on any atom is 0.237 e. The van der Waals surface area contributed by atoms with Crippen molar-refractivity contribution >= 4 is 23.3 Å². The Morgan fingerprint density at radius 2 is 1.84 bits per heavy atom. The van der Waals surface area contributed by atoms with E-state index in [9.17, 15) is 4.79 Å². The molecule has 1 amide bonds. The third kappa shape index (κ3) is 5.80. The van der Waals surface area contributed by atoms with Crippen LogP contribution in [0.15, 0.2) is 30.3 Å². The normalized spacial score (nSPS) is 15.0. The van der Waals surface area contributed by atoms with E-state index in [0.717, 1.165) is 61.9 Å². The summed E-state index contributed by atoms with van der Waals surface area (Å²) < 4.78 is 2.05. The number of hydrogen-bond donors (Lipinski definition) is 0. The van der Waals surface area contributed by atoms with Crippen LogP contribution in [0, 0.1) is 12.8 Å². The number of halogens is 1. The average Bonchev–Trinajstić information content (AvgIpc) is 3.12. The van der Waals surface area contributed by atoms with E-state index >= 15 is 0 Å². The monoisotopic (exact) mass is 445 g/mol. The number of amides is 1. The smallest absolute Gasteiger partial charge is 0.237 e. The summed E-state index contributed by atoms with van der Waals surface area (Å²) in [5.74, 6) is 1.63. The molecule has 0 saturated carbocycles. The van der Waals surface area contributed by atoms with Crippen molar-refractivity contribution in [2.24, 2.45) is 5.92 Å². The standard InChI is InChI=1S/C24H36ClN5O/c1-5-27-13-15-28(16-14-27)24-22(18-29(23(31)17-25)12-11-19(2)3)20(4)26-30(24)21-9-7-6-8-10-21/h6-10,19H,5,11-18H2,1-4H3. The Labute approximate surface area is 191 Å². The first-order valence-electron chi connectivity index (χ1n) is 11.4. The van der Waals surface area contributed by atoms with Crippen molar-refractivity contribution in [2.75, 3.05) is 50.0 Å². The molecule has 6 nitrogen and oxygen atoms in total. The number of carbonyl (C=O) groups is 1. The van der Waals surface area contributed by atoms with Crippen LogP contribution in [0.25, 0.3) is 5.69 Å². The number of piperazine rings is 1. The van der Waals surface area contributed by atoms with Crippen molar-refractivity contribution < 1.29 is 4.79 Å². The number of para-hydroxylation sites is 1. The van der Waals surface area contributed by atoms with Crippen molar-refractivity contribution in [1.29, 1.82) is 0 Å². The summed E-state index contributed by atoms with van der Waals surface area (Å²) >= 11 is 5.96. The van der Waals surface area contributed by atoms with Crippen LogP contribution < -0.4 is 4.90 Å². The molecule has 1 fully saturated rings. The van der Waals surface area contributed by atoms with Crippen LogP contribution >= 0.6 is 11.6 Å². The number of rotatable bonds is 9. The fraction of sp³-hybridized carbons (Fsp3) is 0.583. The van der Waals surface area contributed by atoms with Gasteiger partial charge in [0.25, 0.3) is 0 Å². The zero-order chi connectivity index (χ0) is 22.4. The first-order chi connectivity index (χ1) is 14.9. The van der Waals surface area contributed by atoms with Gasteiger partial charge in [-0.25, -0.2) is 4.68 Å². The lowest BCUT2D eigenvalue weighted by atomic mass is 10.1. The van der Waals surface area contributed by atoms with Crippen LogP contribution in [-0.2, 0) is 11.3 Å². The lowest BCUT2D eigenvalue weighted by molar-refractivity contribution is -0.129. The highest BCUT2D eigenvalue weighted by molar-refractivity contribution is 6.27. The van der Waals surface area contributed by atoms with Gasteiger partial charge in [-0.3, -0.25) is 4.79 Å². The average molecular weight is 446 g/mol. The van der Waals surface area contributed by atoms with E-state index in [-0.39, 0.29) is 11.8 Å². The number of hydrogen-bond acceptors (Lipinski definition) is 4. The molecule has 0 spiro atoms. The molecule has 0 atom stereocenters. The van der Waals surface area contributed by atoms with Crippen LogP contribution in [0.3, 0.4) is 0 Å². The number of anilines is 1. The number of alkyl halides is 1. The molecule has 7 heteroatoms. The number of likely N-dealkylation sites (N-methyl/N-ethyl adjacent to an activating group) is 1. The summed E-state index contributed by atoms with van der Waals surface area (Å²) in [6.07, 6.45) is 0.957. The highest BCUT2D eigenvalue weighted by Crippen LogP contribution is 2.30. The Bertz CT molecular complexity index is 843. The largest absolute Gasteiger partial charge is 0.354 e. The zero-order valence-corrected chi connectivity index (χ0v) is 20.1. The van der Waals surface area contributed by atoms with Gasteiger partial charge in [0.1, 0.15) is 11.7 Å². The molecule has 1 saturated heterocycles. The third-order valence-electron chi connectivity index (χ3n) is 6.07. The minimum atomic E-state index is -0.0177. The third-order valence-corrected chi connectivity index (χ3v) is 6.30. The number of nitrogens with zero attached hydrogens (tertiary/aromatic N) is 5. The van der Waals surface area contributed by atoms with Crippen LogP contribution in [-0.4, -0.2) is 70.6 Å². The first kappa shape index (κ1) is 23.6. The fourth-order valence-electron chi connectivity index (χ4n) is 4.06. The number of carbonyl (C=O) groups excluding carboxylic acids is 1. The van der Waals surface area contributed by atoms with Gasteiger partial charge in [0.15, 0.2) is 0 Å². The van der Waals surface area contributed by atoms with Gasteiger partial charge in [0.2, 0.25) is 5.91 Å². The predicted molar refractivity (Wildman–Crippen MR) is 128 cm³/mol. The Kier molecular flexibility index (Phi) is 8.38. The maximum absolute atomic E-state index is 12.6. The van der Waals surface area contributed by atoms with E-state index < -0.39 is 0 Å². The number of aromatic nitrogens is 2. The highest BCUT2D eigenvalue weighted by Gasteiger charge is 2.27. The lowest BCUT2D eigenvalue weighted by Gasteiger charge is -2.36. The fourth-order valence-corrected chi connectivity index (χ4v) is 4.23. The van der Waals surface area contributed by atoms with Crippen molar-refractivity contribution in [3.8, 4) is 5.69 Å². The first-order valence-corrected chi connectivity index (χ1v) is 11.9. The van der Waals surface area contributed by atoms with Crippen molar-refractivity contribution in [3.05, 3.63) is 41.6 Å². The van der Waals surface area contributed by atoms with Crippen LogP contribution in [0.5, 0.6) is 0 Å². The second kappa shape index (κ2) is 11.0. The summed E-state index contributed by atoms with van der Waals surface area (Å²) in [5, 5.41) is 4.92. The summed E-state index contributed by atoms with van der Waals surface area (Å²) in [6.45, 7) is 14.9. The Morgan fingerprint density at radius 1 is 1.16 bits per heavy atom. The van der Waals surface area contributed by atoms with E-state index in [4.69, 9.17) is 16.7 Å². The second-order valence-corrected chi connectivity index (χ2v) is 8.95. The number of benzene rings is 1. The Morgan fingerprint density at radius 3 is 2.42 bits per heavy atom. The van der Waals surface area contributed by atoms with Crippen molar-refractivity contribution in [1.82, 2.24) is 19.6 Å². The van der Waals surface area contributed by atoms with Gasteiger partial charge in [-0.05, 0) is 37.9 Å². The van der Waals surface area contributed by atoms with E-state index in [1.165, 1.54) is 0 Å². The topological polar surface area (TPSA) is 44.6 Å². The molecule has 1 aromatic heterocycles. The molecule has 0 bridgehead atoms. The molecular formula is C24H36ClN5O. The molecule has 0 aliphatic carbocycles. The van der Waals surface area contributed by atoms with Gasteiger partial charge < -0.3 is 14.7 Å². The molecule has 0 N–H and O–H groups in total. The summed E-state index contributed by atoms with van der Waals surface area (Å²) in [7, 11) is 0. The molecule has 1 aliphatic heterocycles.